The summed E-state index contributed by atoms with van der Waals surface area (Å²) in [5.74, 6) is -0.169. The van der Waals surface area contributed by atoms with Crippen LogP contribution in [0.25, 0.3) is 11.4 Å². The predicted octanol–water partition coefficient (Wildman–Crippen LogP) is 1.69. The second kappa shape index (κ2) is 6.09. The van der Waals surface area contributed by atoms with Gasteiger partial charge in [0.25, 0.3) is 0 Å². The number of thiophene rings is 1. The SMILES string of the molecule is Cc1ccc(C(=O)Cn2nnc(-c3ccc(C(N)=O)cc3)n2)s1. The molecule has 0 atom stereocenters. The van der Waals surface area contributed by atoms with E-state index in [2.05, 4.69) is 15.4 Å². The fraction of sp³-hybridized carbons (Fsp3) is 0.133. The van der Waals surface area contributed by atoms with Crippen molar-refractivity contribution in [3.05, 3.63) is 51.7 Å². The molecule has 0 aliphatic heterocycles. The molecule has 7 nitrogen and oxygen atoms in total. The molecule has 3 aromatic rings. The van der Waals surface area contributed by atoms with E-state index in [4.69, 9.17) is 5.73 Å². The number of hydrogen-bond acceptors (Lipinski definition) is 6. The van der Waals surface area contributed by atoms with E-state index in [-0.39, 0.29) is 12.3 Å². The van der Waals surface area contributed by atoms with Crippen molar-refractivity contribution in [2.75, 3.05) is 0 Å². The summed E-state index contributed by atoms with van der Waals surface area (Å²) in [5, 5.41) is 12.0. The number of ketones is 1. The average Bonchev–Trinajstić information content (AvgIpc) is 3.16. The van der Waals surface area contributed by atoms with Crippen molar-refractivity contribution in [3.63, 3.8) is 0 Å². The maximum Gasteiger partial charge on any atom is 0.248 e. The van der Waals surface area contributed by atoms with Gasteiger partial charge in [-0.15, -0.1) is 21.5 Å². The predicted molar refractivity (Wildman–Crippen MR) is 85.2 cm³/mol. The number of tetrazole rings is 1. The molecule has 0 bridgehead atoms. The van der Waals surface area contributed by atoms with Crippen molar-refractivity contribution in [2.45, 2.75) is 13.5 Å². The zero-order valence-electron chi connectivity index (χ0n) is 12.3. The largest absolute Gasteiger partial charge is 0.366 e. The van der Waals surface area contributed by atoms with Gasteiger partial charge in [-0.3, -0.25) is 9.59 Å². The molecule has 3 rings (SSSR count). The highest BCUT2D eigenvalue weighted by Gasteiger charge is 2.13. The molecular weight excluding hydrogens is 314 g/mol. The highest BCUT2D eigenvalue weighted by Crippen LogP contribution is 2.17. The molecule has 0 saturated carbocycles. The van der Waals surface area contributed by atoms with Gasteiger partial charge in [-0.05, 0) is 36.4 Å². The summed E-state index contributed by atoms with van der Waals surface area (Å²) in [6.07, 6.45) is 0. The Balaban J connectivity index is 1.75. The summed E-state index contributed by atoms with van der Waals surface area (Å²) in [4.78, 5) is 26.2. The first kappa shape index (κ1) is 15.0. The number of hydrogen-bond donors (Lipinski definition) is 1. The Morgan fingerprint density at radius 1 is 1.17 bits per heavy atom. The van der Waals surface area contributed by atoms with E-state index in [1.165, 1.54) is 16.1 Å². The van der Waals surface area contributed by atoms with Gasteiger partial charge in [-0.2, -0.15) is 4.80 Å². The number of nitrogens with zero attached hydrogens (tertiary/aromatic N) is 4. The quantitative estimate of drug-likeness (QED) is 0.718. The lowest BCUT2D eigenvalue weighted by molar-refractivity contribution is 0.0963. The summed E-state index contributed by atoms with van der Waals surface area (Å²) < 4.78 is 0. The number of rotatable bonds is 5. The third-order valence-corrected chi connectivity index (χ3v) is 4.22. The molecule has 1 amide bonds. The summed E-state index contributed by atoms with van der Waals surface area (Å²) in [6.45, 7) is 1.98. The van der Waals surface area contributed by atoms with E-state index >= 15 is 0 Å². The Labute approximate surface area is 135 Å². The lowest BCUT2D eigenvalue weighted by atomic mass is 10.1. The van der Waals surface area contributed by atoms with Gasteiger partial charge >= 0.3 is 0 Å². The van der Waals surface area contributed by atoms with Crippen LogP contribution in [0.3, 0.4) is 0 Å². The Morgan fingerprint density at radius 3 is 2.52 bits per heavy atom. The zero-order chi connectivity index (χ0) is 16.4. The number of carbonyl (C=O) groups excluding carboxylic acids is 2. The van der Waals surface area contributed by atoms with Crippen LogP contribution in [-0.4, -0.2) is 31.9 Å². The number of amides is 1. The summed E-state index contributed by atoms with van der Waals surface area (Å²) in [6, 6.07) is 10.3. The molecular formula is C15H13N5O2S. The summed E-state index contributed by atoms with van der Waals surface area (Å²) in [7, 11) is 0. The zero-order valence-corrected chi connectivity index (χ0v) is 13.1. The molecule has 2 N–H and O–H groups in total. The molecule has 2 aromatic heterocycles. The number of carbonyl (C=O) groups is 2. The Bertz CT molecular complexity index is 866. The van der Waals surface area contributed by atoms with Gasteiger partial charge in [-0.25, -0.2) is 0 Å². The van der Waals surface area contributed by atoms with Gasteiger partial charge in [0, 0.05) is 16.0 Å². The van der Waals surface area contributed by atoms with Gasteiger partial charge in [-0.1, -0.05) is 12.1 Å². The maximum atomic E-state index is 12.1. The molecule has 2 heterocycles. The van der Waals surface area contributed by atoms with Crippen LogP contribution in [0.4, 0.5) is 0 Å². The highest BCUT2D eigenvalue weighted by atomic mass is 32.1. The smallest absolute Gasteiger partial charge is 0.248 e. The third-order valence-electron chi connectivity index (χ3n) is 3.18. The Kier molecular flexibility index (Phi) is 3.98. The lowest BCUT2D eigenvalue weighted by Gasteiger charge is -1.97. The van der Waals surface area contributed by atoms with Crippen molar-refractivity contribution in [1.29, 1.82) is 0 Å². The van der Waals surface area contributed by atoms with E-state index < -0.39 is 5.91 Å². The van der Waals surface area contributed by atoms with Gasteiger partial charge in [0.1, 0.15) is 6.54 Å². The van der Waals surface area contributed by atoms with E-state index in [9.17, 15) is 9.59 Å². The maximum absolute atomic E-state index is 12.1. The fourth-order valence-electron chi connectivity index (χ4n) is 2.00. The van der Waals surface area contributed by atoms with Crippen LogP contribution in [0.15, 0.2) is 36.4 Å². The molecule has 0 aliphatic carbocycles. The number of benzene rings is 1. The standard InChI is InChI=1S/C15H13N5O2S/c1-9-2-7-13(23-9)12(21)8-20-18-15(17-19-20)11-5-3-10(4-6-11)14(16)22/h2-7H,8H2,1H3,(H2,16,22). The monoisotopic (exact) mass is 327 g/mol. The lowest BCUT2D eigenvalue weighted by Crippen LogP contribution is -2.12. The molecule has 1 aromatic carbocycles. The Morgan fingerprint density at radius 2 is 1.91 bits per heavy atom. The van der Waals surface area contributed by atoms with Crippen LogP contribution in [0.1, 0.15) is 24.9 Å². The van der Waals surface area contributed by atoms with E-state index in [1.807, 2.05) is 13.0 Å². The minimum atomic E-state index is -0.495. The third kappa shape index (κ3) is 3.32. The first-order valence-electron chi connectivity index (χ1n) is 6.80. The minimum Gasteiger partial charge on any atom is -0.366 e. The average molecular weight is 327 g/mol. The van der Waals surface area contributed by atoms with Crippen LogP contribution in [0.5, 0.6) is 0 Å². The minimum absolute atomic E-state index is 0.0341. The topological polar surface area (TPSA) is 104 Å². The molecule has 0 aliphatic rings. The first-order chi connectivity index (χ1) is 11.0. The van der Waals surface area contributed by atoms with Gasteiger partial charge in [0.15, 0.2) is 5.78 Å². The highest BCUT2D eigenvalue weighted by molar-refractivity contribution is 7.14. The van der Waals surface area contributed by atoms with Crippen LogP contribution in [-0.2, 0) is 6.54 Å². The first-order valence-corrected chi connectivity index (χ1v) is 7.62. The van der Waals surface area contributed by atoms with Gasteiger partial charge in [0.2, 0.25) is 11.7 Å². The van der Waals surface area contributed by atoms with Crippen molar-refractivity contribution in [2.24, 2.45) is 5.73 Å². The summed E-state index contributed by atoms with van der Waals surface area (Å²) in [5.41, 5.74) is 6.30. The molecule has 8 heteroatoms. The van der Waals surface area contributed by atoms with Crippen LogP contribution in [0.2, 0.25) is 0 Å². The number of nitrogens with two attached hydrogens (primary N) is 1. The second-order valence-corrected chi connectivity index (χ2v) is 6.21. The van der Waals surface area contributed by atoms with Crippen molar-refractivity contribution in [1.82, 2.24) is 20.2 Å². The molecule has 23 heavy (non-hydrogen) atoms. The van der Waals surface area contributed by atoms with E-state index in [1.54, 1.807) is 30.3 Å². The number of Topliss-reactive ketones (excluding diaryl/α,β-unsaturated/α-hetero) is 1. The summed E-state index contributed by atoms with van der Waals surface area (Å²) >= 11 is 1.44. The number of aromatic nitrogens is 4. The molecule has 0 radical (unpaired) electrons. The number of primary amides is 1. The molecule has 0 saturated heterocycles. The Hall–Kier alpha value is -2.87. The molecule has 0 spiro atoms. The van der Waals surface area contributed by atoms with Crippen LogP contribution >= 0.6 is 11.3 Å². The van der Waals surface area contributed by atoms with E-state index in [0.717, 1.165) is 4.88 Å². The number of aryl methyl sites for hydroxylation is 1. The molecule has 116 valence electrons. The van der Waals surface area contributed by atoms with Gasteiger partial charge in [0.05, 0.1) is 4.88 Å². The second-order valence-electron chi connectivity index (χ2n) is 4.92. The molecule has 0 fully saturated rings. The normalized spacial score (nSPS) is 10.7. The van der Waals surface area contributed by atoms with Crippen LogP contribution < -0.4 is 5.73 Å². The van der Waals surface area contributed by atoms with Gasteiger partial charge < -0.3 is 5.73 Å². The molecule has 0 unspecified atom stereocenters. The van der Waals surface area contributed by atoms with Crippen LogP contribution in [0, 0.1) is 6.92 Å². The van der Waals surface area contributed by atoms with E-state index in [0.29, 0.717) is 21.8 Å². The van der Waals surface area contributed by atoms with Crippen molar-refractivity contribution < 1.29 is 9.59 Å². The van der Waals surface area contributed by atoms with Crippen molar-refractivity contribution >= 4 is 23.0 Å². The van der Waals surface area contributed by atoms with Crippen molar-refractivity contribution in [3.8, 4) is 11.4 Å². The fourth-order valence-corrected chi connectivity index (χ4v) is 2.80.